The summed E-state index contributed by atoms with van der Waals surface area (Å²) in [5.74, 6) is 1.08. The summed E-state index contributed by atoms with van der Waals surface area (Å²) in [6.45, 7) is 0.981. The Hall–Kier alpha value is -6.96. The zero-order chi connectivity index (χ0) is 36.9. The Morgan fingerprint density at radius 1 is 0.574 bits per heavy atom. The maximum Gasteiger partial charge on any atom is 0.257 e. The van der Waals surface area contributed by atoms with Gasteiger partial charge in [-0.2, -0.15) is 9.36 Å². The molecular weight excluding hydrogens is 681 g/mol. The van der Waals surface area contributed by atoms with Crippen molar-refractivity contribution in [1.82, 2.24) is 40.6 Å². The molecule has 0 bridgehead atoms. The Kier molecular flexibility index (Phi) is 7.87. The second kappa shape index (κ2) is 12.9. The normalized spacial score (nSPS) is 22.0. The molecule has 2 aromatic heterocycles. The number of carbonyl (C=O) groups excluding carboxylic acids is 2. The molecule has 0 radical (unpaired) electrons. The van der Waals surface area contributed by atoms with Gasteiger partial charge in [-0.15, -0.1) is 10.2 Å². The molecule has 4 aromatic carbocycles. The van der Waals surface area contributed by atoms with Crippen molar-refractivity contribution in [2.24, 2.45) is 9.98 Å². The SMILES string of the molecule is CN1C(=O)[C@@]2(Cc3cnnn3C(=NCc3ccccc3)N2)c2ccccc21.CN1C(=O)[C@@]2(Cc3cnnn3C(=NCc3ccccc3)N2)c2ccccc21. The van der Waals surface area contributed by atoms with Crippen LogP contribution in [0.2, 0.25) is 0 Å². The van der Waals surface area contributed by atoms with Gasteiger partial charge in [0.25, 0.3) is 11.8 Å². The molecule has 14 heteroatoms. The monoisotopic (exact) mass is 716 g/mol. The van der Waals surface area contributed by atoms with Gasteiger partial charge in [0.05, 0.1) is 36.9 Å². The van der Waals surface area contributed by atoms with Crippen LogP contribution in [0.3, 0.4) is 0 Å². The van der Waals surface area contributed by atoms with Gasteiger partial charge in [0.15, 0.2) is 11.1 Å². The van der Waals surface area contributed by atoms with Crippen molar-refractivity contribution >= 4 is 35.1 Å². The van der Waals surface area contributed by atoms with Crippen LogP contribution >= 0.6 is 0 Å². The van der Waals surface area contributed by atoms with Crippen LogP contribution in [0.4, 0.5) is 11.4 Å². The average molecular weight is 717 g/mol. The molecule has 6 heterocycles. The van der Waals surface area contributed by atoms with Crippen LogP contribution in [0.15, 0.2) is 132 Å². The summed E-state index contributed by atoms with van der Waals surface area (Å²) in [4.78, 5) is 39.3. The van der Waals surface area contributed by atoms with Crippen molar-refractivity contribution in [3.63, 3.8) is 0 Å². The number of nitrogens with one attached hydrogen (secondary N) is 2. The number of para-hydroxylation sites is 2. The number of carbonyl (C=O) groups is 2. The van der Waals surface area contributed by atoms with Crippen LogP contribution in [0.25, 0.3) is 0 Å². The molecule has 4 aliphatic heterocycles. The summed E-state index contributed by atoms with van der Waals surface area (Å²) >= 11 is 0. The lowest BCUT2D eigenvalue weighted by Gasteiger charge is -2.34. The van der Waals surface area contributed by atoms with Crippen LogP contribution in [0, 0.1) is 0 Å². The second-order valence-electron chi connectivity index (χ2n) is 13.7. The van der Waals surface area contributed by atoms with Crippen molar-refractivity contribution in [2.45, 2.75) is 37.0 Å². The number of benzene rings is 4. The topological polar surface area (TPSA) is 151 Å². The molecule has 2 amide bonds. The first kappa shape index (κ1) is 32.9. The molecule has 10 rings (SSSR count). The van der Waals surface area contributed by atoms with E-state index in [0.29, 0.717) is 37.9 Å². The van der Waals surface area contributed by atoms with E-state index in [1.807, 2.05) is 123 Å². The summed E-state index contributed by atoms with van der Waals surface area (Å²) in [6.07, 6.45) is 4.36. The Morgan fingerprint density at radius 3 is 1.39 bits per heavy atom. The van der Waals surface area contributed by atoms with Crippen LogP contribution in [0.5, 0.6) is 0 Å². The minimum absolute atomic E-state index is 0.00330. The maximum atomic E-state index is 13.2. The van der Waals surface area contributed by atoms with E-state index in [1.54, 1.807) is 31.6 Å². The quantitative estimate of drug-likeness (QED) is 0.282. The summed E-state index contributed by atoms with van der Waals surface area (Å²) in [6, 6.07) is 35.7. The summed E-state index contributed by atoms with van der Waals surface area (Å²) < 4.78 is 3.37. The number of hydrogen-bond acceptors (Lipinski definition) is 8. The molecule has 14 nitrogen and oxygen atoms in total. The molecule has 2 spiro atoms. The van der Waals surface area contributed by atoms with Crippen molar-refractivity contribution in [3.8, 4) is 0 Å². The number of amides is 2. The van der Waals surface area contributed by atoms with Gasteiger partial charge < -0.3 is 20.4 Å². The smallest absolute Gasteiger partial charge is 0.257 e. The molecule has 0 unspecified atom stereocenters. The predicted octanol–water partition coefficient (Wildman–Crippen LogP) is 3.40. The lowest BCUT2D eigenvalue weighted by atomic mass is 9.85. The van der Waals surface area contributed by atoms with Gasteiger partial charge in [-0.3, -0.25) is 9.59 Å². The highest BCUT2D eigenvalue weighted by atomic mass is 16.2. The third kappa shape index (κ3) is 5.25. The number of nitrogens with zero attached hydrogens (tertiary/aromatic N) is 10. The van der Waals surface area contributed by atoms with Crippen LogP contribution < -0.4 is 20.4 Å². The van der Waals surface area contributed by atoms with Gasteiger partial charge in [-0.25, -0.2) is 9.98 Å². The first-order valence-corrected chi connectivity index (χ1v) is 17.7. The molecule has 6 aromatic rings. The summed E-state index contributed by atoms with van der Waals surface area (Å²) in [5.41, 5.74) is 5.88. The molecular formula is C40H36N12O2. The van der Waals surface area contributed by atoms with E-state index in [0.717, 1.165) is 45.0 Å². The van der Waals surface area contributed by atoms with Crippen molar-refractivity contribution < 1.29 is 9.59 Å². The third-order valence-corrected chi connectivity index (χ3v) is 10.5. The van der Waals surface area contributed by atoms with Crippen molar-refractivity contribution in [1.29, 1.82) is 0 Å². The third-order valence-electron chi connectivity index (χ3n) is 10.5. The zero-order valence-electron chi connectivity index (χ0n) is 29.7. The van der Waals surface area contributed by atoms with E-state index in [-0.39, 0.29) is 11.8 Å². The second-order valence-corrected chi connectivity index (χ2v) is 13.7. The summed E-state index contributed by atoms with van der Waals surface area (Å²) in [5, 5.41) is 23.2. The molecule has 0 fully saturated rings. The van der Waals surface area contributed by atoms with Gasteiger partial charge in [0.2, 0.25) is 11.9 Å². The van der Waals surface area contributed by atoms with Gasteiger partial charge in [0.1, 0.15) is 0 Å². The molecule has 0 aliphatic carbocycles. The highest BCUT2D eigenvalue weighted by Gasteiger charge is 2.54. The molecule has 54 heavy (non-hydrogen) atoms. The van der Waals surface area contributed by atoms with Crippen LogP contribution in [0.1, 0.15) is 33.6 Å². The highest BCUT2D eigenvalue weighted by Crippen LogP contribution is 2.44. The van der Waals surface area contributed by atoms with Gasteiger partial charge in [0, 0.05) is 49.4 Å². The first-order chi connectivity index (χ1) is 26.4. The number of likely N-dealkylation sites (N-methyl/N-ethyl adjacent to an activating group) is 2. The van der Waals surface area contributed by atoms with Crippen LogP contribution in [-0.2, 0) is 46.6 Å². The number of rotatable bonds is 4. The lowest BCUT2D eigenvalue weighted by molar-refractivity contribution is -0.124. The Labute approximate surface area is 310 Å². The fraction of sp³-hybridized carbons (Fsp3) is 0.200. The number of fused-ring (bicyclic) bond motifs is 6. The molecule has 4 aliphatic rings. The standard InChI is InChI=1S/2C20H18N6O/c2*1-25-17-10-6-5-9-16(17)20(18(25)27)11-15-13-22-24-26(15)19(23-20)21-12-14-7-3-2-4-8-14/h2*2-10,13H,11-12H2,1H3,(H,21,23)/t2*20-/m11/s1. The van der Waals surface area contributed by atoms with E-state index in [4.69, 9.17) is 9.98 Å². The Bertz CT molecular complexity index is 2290. The average Bonchev–Trinajstić information content (AvgIpc) is 3.98. The maximum absolute atomic E-state index is 13.2. The molecule has 268 valence electrons. The Morgan fingerprint density at radius 2 is 0.963 bits per heavy atom. The van der Waals surface area contributed by atoms with Crippen molar-refractivity contribution in [3.05, 3.63) is 155 Å². The molecule has 0 saturated carbocycles. The van der Waals surface area contributed by atoms with E-state index in [9.17, 15) is 9.59 Å². The number of aliphatic imine (C=N–C) groups is 2. The van der Waals surface area contributed by atoms with E-state index < -0.39 is 11.1 Å². The number of hydrogen-bond donors (Lipinski definition) is 2. The number of anilines is 2. The van der Waals surface area contributed by atoms with E-state index in [2.05, 4.69) is 31.3 Å². The zero-order valence-corrected chi connectivity index (χ0v) is 29.7. The van der Waals surface area contributed by atoms with Crippen molar-refractivity contribution in [2.75, 3.05) is 23.9 Å². The molecule has 0 saturated heterocycles. The van der Waals surface area contributed by atoms with Crippen LogP contribution in [-0.4, -0.2) is 67.8 Å². The minimum atomic E-state index is -0.876. The predicted molar refractivity (Wildman–Crippen MR) is 203 cm³/mol. The van der Waals surface area contributed by atoms with E-state index in [1.165, 1.54) is 0 Å². The summed E-state index contributed by atoms with van der Waals surface area (Å²) in [7, 11) is 3.62. The molecule has 2 N–H and O–H groups in total. The Balaban J connectivity index is 0.000000142. The lowest BCUT2D eigenvalue weighted by Crippen LogP contribution is -2.59. The highest BCUT2D eigenvalue weighted by molar-refractivity contribution is 6.11. The first-order valence-electron chi connectivity index (χ1n) is 17.7. The van der Waals surface area contributed by atoms with Gasteiger partial charge >= 0.3 is 0 Å². The fourth-order valence-electron chi connectivity index (χ4n) is 7.80. The minimum Gasteiger partial charge on any atom is -0.336 e. The van der Waals surface area contributed by atoms with Gasteiger partial charge in [-0.05, 0) is 23.3 Å². The fourth-order valence-corrected chi connectivity index (χ4v) is 7.80. The van der Waals surface area contributed by atoms with E-state index >= 15 is 0 Å². The van der Waals surface area contributed by atoms with Gasteiger partial charge in [-0.1, -0.05) is 107 Å². The molecule has 2 atom stereocenters. The largest absolute Gasteiger partial charge is 0.336 e. The number of aromatic nitrogens is 6.